The van der Waals surface area contributed by atoms with Crippen LogP contribution in [0.15, 0.2) is 18.2 Å². The van der Waals surface area contributed by atoms with Crippen molar-refractivity contribution in [3.63, 3.8) is 0 Å². The van der Waals surface area contributed by atoms with Gasteiger partial charge in [-0.1, -0.05) is 11.6 Å². The summed E-state index contributed by atoms with van der Waals surface area (Å²) in [5, 5.41) is 0.693. The van der Waals surface area contributed by atoms with E-state index in [1.807, 2.05) is 17.9 Å². The number of nitrogens with two attached hydrogens (primary N) is 1. The summed E-state index contributed by atoms with van der Waals surface area (Å²) in [5.74, 6) is 0.0673. The van der Waals surface area contributed by atoms with Crippen LogP contribution in [0.25, 0.3) is 0 Å². The second-order valence-electron chi connectivity index (χ2n) is 4.49. The quantitative estimate of drug-likeness (QED) is 0.877. The molecule has 1 fully saturated rings. The number of hydrogen-bond acceptors (Lipinski definition) is 2. The van der Waals surface area contributed by atoms with E-state index >= 15 is 0 Å². The van der Waals surface area contributed by atoms with Gasteiger partial charge < -0.3 is 10.6 Å². The van der Waals surface area contributed by atoms with Gasteiger partial charge in [0.25, 0.3) is 5.91 Å². The largest absolute Gasteiger partial charge is 0.334 e. The first kappa shape index (κ1) is 12.4. The monoisotopic (exact) mass is 252 g/mol. The zero-order valence-electron chi connectivity index (χ0n) is 9.95. The van der Waals surface area contributed by atoms with Crippen LogP contribution in [0.2, 0.25) is 5.02 Å². The lowest BCUT2D eigenvalue weighted by Gasteiger charge is -2.23. The Morgan fingerprint density at radius 3 is 3.00 bits per heavy atom. The van der Waals surface area contributed by atoms with Crippen molar-refractivity contribution >= 4 is 17.5 Å². The highest BCUT2D eigenvalue weighted by Crippen LogP contribution is 2.22. The van der Waals surface area contributed by atoms with Crippen molar-refractivity contribution in [2.24, 2.45) is 5.73 Å². The van der Waals surface area contributed by atoms with Gasteiger partial charge in [-0.2, -0.15) is 0 Å². The lowest BCUT2D eigenvalue weighted by molar-refractivity contribution is 0.0741. The molecule has 92 valence electrons. The summed E-state index contributed by atoms with van der Waals surface area (Å²) in [5.41, 5.74) is 7.31. The maximum Gasteiger partial charge on any atom is 0.254 e. The minimum Gasteiger partial charge on any atom is -0.334 e. The van der Waals surface area contributed by atoms with Gasteiger partial charge in [-0.3, -0.25) is 4.79 Å². The SMILES string of the molecule is Cc1cc(C(=O)N2CCC[C@H]2CN)ccc1Cl. The van der Waals surface area contributed by atoms with E-state index in [4.69, 9.17) is 17.3 Å². The number of benzene rings is 1. The summed E-state index contributed by atoms with van der Waals surface area (Å²) in [6, 6.07) is 5.59. The topological polar surface area (TPSA) is 46.3 Å². The van der Waals surface area contributed by atoms with Crippen LogP contribution >= 0.6 is 11.6 Å². The number of halogens is 1. The first-order valence-electron chi connectivity index (χ1n) is 5.90. The summed E-state index contributed by atoms with van der Waals surface area (Å²) in [4.78, 5) is 14.2. The Bertz CT molecular complexity index is 433. The Labute approximate surface area is 107 Å². The van der Waals surface area contributed by atoms with Crippen LogP contribution in [-0.4, -0.2) is 29.9 Å². The van der Waals surface area contributed by atoms with Crippen molar-refractivity contribution in [2.75, 3.05) is 13.1 Å². The maximum absolute atomic E-state index is 12.3. The van der Waals surface area contributed by atoms with Crippen molar-refractivity contribution in [3.8, 4) is 0 Å². The molecule has 1 aromatic rings. The standard InChI is InChI=1S/C13H17ClN2O/c1-9-7-10(4-5-12(9)14)13(17)16-6-2-3-11(16)8-15/h4-5,7,11H,2-3,6,8,15H2,1H3/t11-/m0/s1. The van der Waals surface area contributed by atoms with E-state index in [1.165, 1.54) is 0 Å². The van der Waals surface area contributed by atoms with Crippen LogP contribution in [0.4, 0.5) is 0 Å². The molecular weight excluding hydrogens is 236 g/mol. The van der Waals surface area contributed by atoms with Gasteiger partial charge in [0.2, 0.25) is 0 Å². The van der Waals surface area contributed by atoms with Crippen LogP contribution in [-0.2, 0) is 0 Å². The van der Waals surface area contributed by atoms with Gasteiger partial charge in [-0.15, -0.1) is 0 Å². The molecule has 0 aromatic heterocycles. The second-order valence-corrected chi connectivity index (χ2v) is 4.90. The Kier molecular flexibility index (Phi) is 3.69. The van der Waals surface area contributed by atoms with Crippen molar-refractivity contribution in [1.29, 1.82) is 0 Å². The number of carbonyl (C=O) groups excluding carboxylic acids is 1. The number of amides is 1. The van der Waals surface area contributed by atoms with E-state index in [-0.39, 0.29) is 11.9 Å². The molecule has 0 bridgehead atoms. The fraction of sp³-hybridized carbons (Fsp3) is 0.462. The van der Waals surface area contributed by atoms with Gasteiger partial charge in [-0.05, 0) is 43.5 Å². The molecule has 0 aliphatic carbocycles. The maximum atomic E-state index is 12.3. The number of carbonyl (C=O) groups is 1. The highest BCUT2D eigenvalue weighted by Gasteiger charge is 2.28. The molecule has 2 N–H and O–H groups in total. The number of hydrogen-bond donors (Lipinski definition) is 1. The summed E-state index contributed by atoms with van der Waals surface area (Å²) in [6.45, 7) is 3.25. The van der Waals surface area contributed by atoms with Crippen molar-refractivity contribution < 1.29 is 4.79 Å². The Morgan fingerprint density at radius 1 is 1.59 bits per heavy atom. The van der Waals surface area contributed by atoms with Gasteiger partial charge in [0.05, 0.1) is 0 Å². The first-order chi connectivity index (χ1) is 8.13. The second kappa shape index (κ2) is 5.07. The molecule has 1 aliphatic heterocycles. The zero-order chi connectivity index (χ0) is 12.4. The van der Waals surface area contributed by atoms with E-state index in [1.54, 1.807) is 12.1 Å². The average Bonchev–Trinajstić information content (AvgIpc) is 2.80. The van der Waals surface area contributed by atoms with Gasteiger partial charge in [0.1, 0.15) is 0 Å². The molecule has 1 heterocycles. The molecule has 0 radical (unpaired) electrons. The van der Waals surface area contributed by atoms with Crippen LogP contribution < -0.4 is 5.73 Å². The Morgan fingerprint density at radius 2 is 2.35 bits per heavy atom. The van der Waals surface area contributed by atoms with Gasteiger partial charge in [0.15, 0.2) is 0 Å². The highest BCUT2D eigenvalue weighted by molar-refractivity contribution is 6.31. The lowest BCUT2D eigenvalue weighted by Crippen LogP contribution is -2.39. The molecule has 1 aliphatic rings. The van der Waals surface area contributed by atoms with Crippen molar-refractivity contribution in [3.05, 3.63) is 34.3 Å². The van der Waals surface area contributed by atoms with Gasteiger partial charge in [-0.25, -0.2) is 0 Å². The molecule has 1 saturated heterocycles. The number of aryl methyl sites for hydroxylation is 1. The molecule has 1 atom stereocenters. The van der Waals surface area contributed by atoms with E-state index in [2.05, 4.69) is 0 Å². The zero-order valence-corrected chi connectivity index (χ0v) is 10.7. The molecule has 2 rings (SSSR count). The normalized spacial score (nSPS) is 19.7. The van der Waals surface area contributed by atoms with E-state index in [0.29, 0.717) is 17.1 Å². The first-order valence-corrected chi connectivity index (χ1v) is 6.28. The van der Waals surface area contributed by atoms with Crippen molar-refractivity contribution in [2.45, 2.75) is 25.8 Å². The average molecular weight is 253 g/mol. The summed E-state index contributed by atoms with van der Waals surface area (Å²) in [6.07, 6.45) is 2.05. The van der Waals surface area contributed by atoms with Crippen LogP contribution in [0.1, 0.15) is 28.8 Å². The minimum atomic E-state index is 0.0673. The molecule has 3 nitrogen and oxygen atoms in total. The van der Waals surface area contributed by atoms with Gasteiger partial charge in [0, 0.05) is 29.7 Å². The molecule has 0 unspecified atom stereocenters. The molecular formula is C13H17ClN2O. The number of nitrogens with zero attached hydrogens (tertiary/aromatic N) is 1. The van der Waals surface area contributed by atoms with Crippen LogP contribution in [0.3, 0.4) is 0 Å². The third kappa shape index (κ3) is 2.45. The predicted molar refractivity (Wildman–Crippen MR) is 69.3 cm³/mol. The predicted octanol–water partition coefficient (Wildman–Crippen LogP) is 2.21. The van der Waals surface area contributed by atoms with Crippen LogP contribution in [0, 0.1) is 6.92 Å². The third-order valence-electron chi connectivity index (χ3n) is 3.31. The molecule has 17 heavy (non-hydrogen) atoms. The molecule has 4 heteroatoms. The summed E-state index contributed by atoms with van der Waals surface area (Å²) < 4.78 is 0. The Balaban J connectivity index is 2.21. The molecule has 0 saturated carbocycles. The molecule has 1 amide bonds. The molecule has 1 aromatic carbocycles. The highest BCUT2D eigenvalue weighted by atomic mass is 35.5. The van der Waals surface area contributed by atoms with E-state index < -0.39 is 0 Å². The van der Waals surface area contributed by atoms with E-state index in [0.717, 1.165) is 24.9 Å². The van der Waals surface area contributed by atoms with Crippen molar-refractivity contribution in [1.82, 2.24) is 4.90 Å². The molecule has 0 spiro atoms. The van der Waals surface area contributed by atoms with E-state index in [9.17, 15) is 4.79 Å². The van der Waals surface area contributed by atoms with Crippen LogP contribution in [0.5, 0.6) is 0 Å². The fourth-order valence-electron chi connectivity index (χ4n) is 2.29. The van der Waals surface area contributed by atoms with Gasteiger partial charge >= 0.3 is 0 Å². The lowest BCUT2D eigenvalue weighted by atomic mass is 10.1. The Hall–Kier alpha value is -1.06. The number of rotatable bonds is 2. The number of likely N-dealkylation sites (tertiary alicyclic amines) is 1. The smallest absolute Gasteiger partial charge is 0.254 e. The summed E-state index contributed by atoms with van der Waals surface area (Å²) >= 11 is 5.96. The summed E-state index contributed by atoms with van der Waals surface area (Å²) in [7, 11) is 0. The third-order valence-corrected chi connectivity index (χ3v) is 3.74. The minimum absolute atomic E-state index is 0.0673. The fourth-order valence-corrected chi connectivity index (χ4v) is 2.41.